The maximum Gasteiger partial charge on any atom is 0.122 e. The summed E-state index contributed by atoms with van der Waals surface area (Å²) < 4.78 is 5.84. The van der Waals surface area contributed by atoms with Gasteiger partial charge in [0.15, 0.2) is 0 Å². The Labute approximate surface area is 118 Å². The minimum absolute atomic E-state index is 0.576. The average molecular weight is 263 g/mol. The Morgan fingerprint density at radius 3 is 2.53 bits per heavy atom. The second-order valence-corrected chi connectivity index (χ2v) is 5.64. The molecule has 1 atom stereocenters. The number of nitrogens with one attached hydrogen (secondary N) is 1. The van der Waals surface area contributed by atoms with Crippen LogP contribution in [0.1, 0.15) is 46.1 Å². The fourth-order valence-corrected chi connectivity index (χ4v) is 2.09. The lowest BCUT2D eigenvalue weighted by Crippen LogP contribution is -2.30. The van der Waals surface area contributed by atoms with Crippen LogP contribution >= 0.6 is 0 Å². The van der Waals surface area contributed by atoms with Crippen molar-refractivity contribution in [3.8, 4) is 5.75 Å². The molecule has 0 fully saturated rings. The Morgan fingerprint density at radius 1 is 1.11 bits per heavy atom. The van der Waals surface area contributed by atoms with Gasteiger partial charge in [-0.3, -0.25) is 0 Å². The molecule has 0 radical (unpaired) electrons. The molecule has 19 heavy (non-hydrogen) atoms. The van der Waals surface area contributed by atoms with Crippen LogP contribution in [0.25, 0.3) is 0 Å². The Bertz CT molecular complexity index is 349. The number of para-hydroxylation sites is 1. The Kier molecular flexibility index (Phi) is 7.57. The zero-order valence-corrected chi connectivity index (χ0v) is 12.9. The quantitative estimate of drug-likeness (QED) is 0.679. The topological polar surface area (TPSA) is 21.3 Å². The molecule has 0 spiro atoms. The van der Waals surface area contributed by atoms with Crippen LogP contribution in [0.5, 0.6) is 5.75 Å². The third kappa shape index (κ3) is 6.63. The zero-order chi connectivity index (χ0) is 14.1. The molecule has 0 saturated heterocycles. The van der Waals surface area contributed by atoms with Gasteiger partial charge in [-0.05, 0) is 43.7 Å². The van der Waals surface area contributed by atoms with E-state index < -0.39 is 0 Å². The summed E-state index contributed by atoms with van der Waals surface area (Å²) in [5, 5.41) is 3.52. The van der Waals surface area contributed by atoms with E-state index in [-0.39, 0.29) is 0 Å². The smallest absolute Gasteiger partial charge is 0.122 e. The molecule has 0 aliphatic heterocycles. The number of ether oxygens (including phenoxy) is 1. The van der Waals surface area contributed by atoms with Crippen LogP contribution in [0.3, 0.4) is 0 Å². The van der Waals surface area contributed by atoms with Crippen LogP contribution in [-0.2, 0) is 6.42 Å². The lowest BCUT2D eigenvalue weighted by atomic mass is 10.0. The second-order valence-electron chi connectivity index (χ2n) is 5.64. The molecule has 0 aliphatic rings. The predicted octanol–water partition coefficient (Wildman–Crippen LogP) is 4.04. The van der Waals surface area contributed by atoms with Crippen LogP contribution in [0.15, 0.2) is 24.3 Å². The first-order valence-corrected chi connectivity index (χ1v) is 7.57. The largest absolute Gasteiger partial charge is 0.492 e. The van der Waals surface area contributed by atoms with Gasteiger partial charge in [0.2, 0.25) is 0 Å². The van der Waals surface area contributed by atoms with Crippen molar-refractivity contribution in [3.63, 3.8) is 0 Å². The Balaban J connectivity index is 2.20. The van der Waals surface area contributed by atoms with E-state index in [1.807, 2.05) is 6.07 Å². The highest BCUT2D eigenvalue weighted by Crippen LogP contribution is 2.17. The number of hydrogen-bond donors (Lipinski definition) is 1. The Morgan fingerprint density at radius 2 is 1.84 bits per heavy atom. The van der Waals surface area contributed by atoms with Crippen LogP contribution in [0.2, 0.25) is 0 Å². The van der Waals surface area contributed by atoms with Crippen molar-refractivity contribution in [2.24, 2.45) is 5.92 Å². The lowest BCUT2D eigenvalue weighted by Gasteiger charge is -2.16. The third-order valence-electron chi connectivity index (χ3n) is 3.38. The fourth-order valence-electron chi connectivity index (χ4n) is 2.09. The van der Waals surface area contributed by atoms with Crippen molar-refractivity contribution in [2.75, 3.05) is 13.2 Å². The van der Waals surface area contributed by atoms with E-state index >= 15 is 0 Å². The lowest BCUT2D eigenvalue weighted by molar-refractivity contribution is 0.300. The van der Waals surface area contributed by atoms with Crippen molar-refractivity contribution in [1.29, 1.82) is 0 Å². The highest BCUT2D eigenvalue weighted by molar-refractivity contribution is 5.33. The van der Waals surface area contributed by atoms with Crippen LogP contribution in [0.4, 0.5) is 0 Å². The van der Waals surface area contributed by atoms with Gasteiger partial charge in [-0.1, -0.05) is 39.0 Å². The average Bonchev–Trinajstić information content (AvgIpc) is 2.41. The van der Waals surface area contributed by atoms with Crippen molar-refractivity contribution in [3.05, 3.63) is 29.8 Å². The molecule has 2 heteroatoms. The fraction of sp³-hybridized carbons (Fsp3) is 0.647. The van der Waals surface area contributed by atoms with Gasteiger partial charge >= 0.3 is 0 Å². The predicted molar refractivity (Wildman–Crippen MR) is 82.9 cm³/mol. The van der Waals surface area contributed by atoms with E-state index in [4.69, 9.17) is 4.74 Å². The number of hydrogen-bond acceptors (Lipinski definition) is 2. The normalized spacial score (nSPS) is 12.7. The van der Waals surface area contributed by atoms with E-state index in [0.29, 0.717) is 6.04 Å². The number of aryl methyl sites for hydroxylation is 1. The summed E-state index contributed by atoms with van der Waals surface area (Å²) in [4.78, 5) is 0. The Hall–Kier alpha value is -1.02. The summed E-state index contributed by atoms with van der Waals surface area (Å²) in [5.74, 6) is 1.82. The summed E-state index contributed by atoms with van der Waals surface area (Å²) in [5.41, 5.74) is 1.29. The molecule has 1 unspecified atom stereocenters. The van der Waals surface area contributed by atoms with Crippen molar-refractivity contribution >= 4 is 0 Å². The van der Waals surface area contributed by atoms with Crippen LogP contribution in [-0.4, -0.2) is 19.2 Å². The van der Waals surface area contributed by atoms with E-state index in [1.165, 1.54) is 18.4 Å². The molecule has 1 aromatic rings. The molecule has 1 aromatic carbocycles. The summed E-state index contributed by atoms with van der Waals surface area (Å²) >= 11 is 0. The van der Waals surface area contributed by atoms with E-state index in [9.17, 15) is 0 Å². The van der Waals surface area contributed by atoms with Crippen LogP contribution in [0, 0.1) is 5.92 Å². The minimum atomic E-state index is 0.576. The molecular weight excluding hydrogens is 234 g/mol. The van der Waals surface area contributed by atoms with Gasteiger partial charge in [0.1, 0.15) is 12.4 Å². The first-order chi connectivity index (χ1) is 9.13. The highest BCUT2D eigenvalue weighted by atomic mass is 16.5. The van der Waals surface area contributed by atoms with Gasteiger partial charge in [0.25, 0.3) is 0 Å². The van der Waals surface area contributed by atoms with Gasteiger partial charge in [0.05, 0.1) is 0 Å². The first-order valence-electron chi connectivity index (χ1n) is 7.57. The highest BCUT2D eigenvalue weighted by Gasteiger charge is 2.04. The molecule has 0 aliphatic carbocycles. The maximum absolute atomic E-state index is 5.84. The molecule has 2 nitrogen and oxygen atoms in total. The third-order valence-corrected chi connectivity index (χ3v) is 3.38. The minimum Gasteiger partial charge on any atom is -0.492 e. The molecule has 0 heterocycles. The van der Waals surface area contributed by atoms with E-state index in [2.05, 4.69) is 51.2 Å². The number of benzene rings is 1. The zero-order valence-electron chi connectivity index (χ0n) is 12.9. The molecule has 0 saturated carbocycles. The standard InChI is InChI=1S/C17H29NO/c1-5-16-8-6-7-9-17(16)19-13-12-18-15(4)11-10-14(2)3/h6-9,14-15,18H,5,10-13H2,1-4H3. The summed E-state index contributed by atoms with van der Waals surface area (Å²) in [6.07, 6.45) is 3.55. The summed E-state index contributed by atoms with van der Waals surface area (Å²) in [7, 11) is 0. The molecule has 0 bridgehead atoms. The van der Waals surface area contributed by atoms with E-state index in [1.54, 1.807) is 0 Å². The maximum atomic E-state index is 5.84. The summed E-state index contributed by atoms with van der Waals surface area (Å²) in [6, 6.07) is 8.87. The van der Waals surface area contributed by atoms with Gasteiger partial charge in [0, 0.05) is 12.6 Å². The van der Waals surface area contributed by atoms with Crippen molar-refractivity contribution < 1.29 is 4.74 Å². The van der Waals surface area contributed by atoms with Gasteiger partial charge < -0.3 is 10.1 Å². The van der Waals surface area contributed by atoms with Gasteiger partial charge in [-0.15, -0.1) is 0 Å². The van der Waals surface area contributed by atoms with Crippen molar-refractivity contribution in [1.82, 2.24) is 5.32 Å². The molecule has 1 N–H and O–H groups in total. The van der Waals surface area contributed by atoms with Gasteiger partial charge in [-0.2, -0.15) is 0 Å². The molecule has 108 valence electrons. The first kappa shape index (κ1) is 16.0. The molecule has 0 amide bonds. The second kappa shape index (κ2) is 8.98. The molecular formula is C17H29NO. The monoisotopic (exact) mass is 263 g/mol. The molecule has 1 rings (SSSR count). The van der Waals surface area contributed by atoms with Crippen molar-refractivity contribution in [2.45, 2.75) is 53.0 Å². The molecule has 0 aromatic heterocycles. The number of rotatable bonds is 9. The van der Waals surface area contributed by atoms with Gasteiger partial charge in [-0.25, -0.2) is 0 Å². The van der Waals surface area contributed by atoms with Crippen LogP contribution < -0.4 is 10.1 Å². The van der Waals surface area contributed by atoms with E-state index in [0.717, 1.165) is 31.2 Å². The summed E-state index contributed by atoms with van der Waals surface area (Å²) in [6.45, 7) is 10.6. The SMILES string of the molecule is CCc1ccccc1OCCNC(C)CCC(C)C.